The van der Waals surface area contributed by atoms with Gasteiger partial charge >= 0.3 is 0 Å². The molecule has 0 fully saturated rings. The van der Waals surface area contributed by atoms with Crippen LogP contribution in [0.2, 0.25) is 0 Å². The molecule has 1 aromatic rings. The summed E-state index contributed by atoms with van der Waals surface area (Å²) >= 11 is 8.43. The highest BCUT2D eigenvalue weighted by Gasteiger charge is 2.27. The molecule has 0 saturated heterocycles. The molecule has 0 aliphatic carbocycles. The highest BCUT2D eigenvalue weighted by Crippen LogP contribution is 2.25. The zero-order valence-corrected chi connectivity index (χ0v) is 11.9. The summed E-state index contributed by atoms with van der Waals surface area (Å²) in [5.41, 5.74) is -1.39. The Bertz CT molecular complexity index is 494. The Hall–Kier alpha value is -0.750. The number of hydrogen-bond acceptors (Lipinski definition) is 1. The van der Waals surface area contributed by atoms with Gasteiger partial charge in [0.1, 0.15) is 0 Å². The maximum absolute atomic E-state index is 13.5. The molecular weight excluding hydrogens is 334 g/mol. The van der Waals surface area contributed by atoms with E-state index in [2.05, 4.69) is 21.2 Å². The van der Waals surface area contributed by atoms with Crippen LogP contribution in [0.5, 0.6) is 0 Å². The summed E-state index contributed by atoms with van der Waals surface area (Å²) in [5.74, 6) is -5.38. The lowest BCUT2D eigenvalue weighted by molar-refractivity contribution is 0.0914. The minimum atomic E-state index is -1.69. The molecule has 0 unspecified atom stereocenters. The molecule has 1 rings (SSSR count). The number of carbonyl (C=O) groups is 1. The van der Waals surface area contributed by atoms with Gasteiger partial charge in [-0.1, -0.05) is 0 Å². The molecule has 0 aliphatic heterocycles. The van der Waals surface area contributed by atoms with Crippen LogP contribution in [0.25, 0.3) is 0 Å². The summed E-state index contributed by atoms with van der Waals surface area (Å²) in [6.45, 7) is 3.23. The molecule has 0 bridgehead atoms. The Balaban J connectivity index is 3.19. The van der Waals surface area contributed by atoms with Gasteiger partial charge in [0.05, 0.1) is 5.56 Å². The SMILES string of the molecule is CC(C)(CCl)NC(=O)c1c(Br)cc(F)c(F)c1F. The summed E-state index contributed by atoms with van der Waals surface area (Å²) < 4.78 is 39.3. The van der Waals surface area contributed by atoms with E-state index in [1.165, 1.54) is 0 Å². The van der Waals surface area contributed by atoms with Gasteiger partial charge in [-0.25, -0.2) is 13.2 Å². The standard InChI is InChI=1S/C11H10BrClF3NO/c1-11(2,4-13)17-10(18)7-5(12)3-6(14)8(15)9(7)16/h3H,4H2,1-2H3,(H,17,18). The number of rotatable bonds is 3. The molecule has 7 heteroatoms. The number of benzene rings is 1. The molecule has 0 spiro atoms. The average molecular weight is 345 g/mol. The largest absolute Gasteiger partial charge is 0.346 e. The van der Waals surface area contributed by atoms with Gasteiger partial charge in [-0.3, -0.25) is 4.79 Å². The van der Waals surface area contributed by atoms with Gasteiger partial charge in [0.15, 0.2) is 17.5 Å². The number of halogens is 5. The van der Waals surface area contributed by atoms with Crippen molar-refractivity contribution >= 4 is 33.4 Å². The molecule has 1 aromatic carbocycles. The average Bonchev–Trinajstić information content (AvgIpc) is 2.25. The molecule has 0 radical (unpaired) electrons. The molecule has 2 nitrogen and oxygen atoms in total. The van der Waals surface area contributed by atoms with Crippen molar-refractivity contribution in [1.82, 2.24) is 5.32 Å². The van der Waals surface area contributed by atoms with E-state index in [0.717, 1.165) is 0 Å². The highest BCUT2D eigenvalue weighted by atomic mass is 79.9. The Morgan fingerprint density at radius 3 is 2.44 bits per heavy atom. The van der Waals surface area contributed by atoms with Crippen LogP contribution in [-0.4, -0.2) is 17.3 Å². The summed E-state index contributed by atoms with van der Waals surface area (Å²) in [7, 11) is 0. The first-order valence-corrected chi connectivity index (χ1v) is 6.24. The van der Waals surface area contributed by atoms with E-state index in [1.807, 2.05) is 0 Å². The first-order valence-electron chi connectivity index (χ1n) is 4.91. The minimum Gasteiger partial charge on any atom is -0.346 e. The third kappa shape index (κ3) is 3.17. The van der Waals surface area contributed by atoms with Crippen molar-refractivity contribution < 1.29 is 18.0 Å². The smallest absolute Gasteiger partial charge is 0.255 e. The predicted octanol–water partition coefficient (Wildman–Crippen LogP) is 3.61. The van der Waals surface area contributed by atoms with E-state index in [4.69, 9.17) is 11.6 Å². The van der Waals surface area contributed by atoms with Crippen LogP contribution in [0.15, 0.2) is 10.5 Å². The maximum atomic E-state index is 13.5. The van der Waals surface area contributed by atoms with Gasteiger partial charge in [-0.15, -0.1) is 11.6 Å². The van der Waals surface area contributed by atoms with Crippen LogP contribution in [0, 0.1) is 17.5 Å². The zero-order valence-electron chi connectivity index (χ0n) is 9.58. The molecule has 0 aromatic heterocycles. The van der Waals surface area contributed by atoms with E-state index < -0.39 is 34.5 Å². The second-order valence-corrected chi connectivity index (χ2v) is 5.44. The molecule has 18 heavy (non-hydrogen) atoms. The fraction of sp³-hybridized carbons (Fsp3) is 0.364. The Morgan fingerprint density at radius 2 is 1.94 bits per heavy atom. The van der Waals surface area contributed by atoms with Crippen LogP contribution in [0.4, 0.5) is 13.2 Å². The van der Waals surface area contributed by atoms with E-state index in [1.54, 1.807) is 13.8 Å². The van der Waals surface area contributed by atoms with E-state index in [9.17, 15) is 18.0 Å². The maximum Gasteiger partial charge on any atom is 0.255 e. The Kier molecular flexibility index (Phi) is 4.66. The van der Waals surface area contributed by atoms with Gasteiger partial charge in [0.25, 0.3) is 5.91 Å². The van der Waals surface area contributed by atoms with Crippen molar-refractivity contribution in [2.24, 2.45) is 0 Å². The van der Waals surface area contributed by atoms with Gasteiger partial charge in [0.2, 0.25) is 0 Å². The fourth-order valence-electron chi connectivity index (χ4n) is 1.18. The summed E-state index contributed by atoms with van der Waals surface area (Å²) in [5, 5.41) is 2.42. The second kappa shape index (κ2) is 5.48. The van der Waals surface area contributed by atoms with Gasteiger partial charge < -0.3 is 5.32 Å². The molecule has 100 valence electrons. The molecular formula is C11H10BrClF3NO. The first kappa shape index (κ1) is 15.3. The first-order chi connectivity index (χ1) is 8.19. The van der Waals surface area contributed by atoms with Crippen molar-refractivity contribution in [3.05, 3.63) is 33.6 Å². The van der Waals surface area contributed by atoms with Crippen molar-refractivity contribution in [2.45, 2.75) is 19.4 Å². The molecule has 0 saturated carbocycles. The number of amides is 1. The van der Waals surface area contributed by atoms with Crippen molar-refractivity contribution in [3.63, 3.8) is 0 Å². The summed E-state index contributed by atoms with van der Waals surface area (Å²) in [6, 6.07) is 0.695. The van der Waals surface area contributed by atoms with Crippen molar-refractivity contribution in [3.8, 4) is 0 Å². The Labute approximate surface area is 116 Å². The van der Waals surface area contributed by atoms with E-state index in [-0.39, 0.29) is 10.4 Å². The monoisotopic (exact) mass is 343 g/mol. The molecule has 0 heterocycles. The molecule has 1 N–H and O–H groups in total. The minimum absolute atomic E-state index is 0.0850. The molecule has 0 aliphatic rings. The highest BCUT2D eigenvalue weighted by molar-refractivity contribution is 9.10. The zero-order chi connectivity index (χ0) is 14.1. The van der Waals surface area contributed by atoms with Crippen LogP contribution in [0.3, 0.4) is 0 Å². The van der Waals surface area contributed by atoms with Gasteiger partial charge in [0, 0.05) is 15.9 Å². The van der Waals surface area contributed by atoms with Crippen LogP contribution in [0.1, 0.15) is 24.2 Å². The number of hydrogen-bond donors (Lipinski definition) is 1. The third-order valence-corrected chi connectivity index (χ3v) is 3.42. The molecule has 1 amide bonds. The topological polar surface area (TPSA) is 29.1 Å². The second-order valence-electron chi connectivity index (χ2n) is 4.31. The van der Waals surface area contributed by atoms with E-state index >= 15 is 0 Å². The van der Waals surface area contributed by atoms with Gasteiger partial charge in [-0.2, -0.15) is 0 Å². The van der Waals surface area contributed by atoms with Crippen LogP contribution in [-0.2, 0) is 0 Å². The van der Waals surface area contributed by atoms with Gasteiger partial charge in [-0.05, 0) is 35.8 Å². The third-order valence-electron chi connectivity index (χ3n) is 2.13. The lowest BCUT2D eigenvalue weighted by atomic mass is 10.1. The fourth-order valence-corrected chi connectivity index (χ4v) is 1.80. The lowest BCUT2D eigenvalue weighted by Gasteiger charge is -2.23. The predicted molar refractivity (Wildman–Crippen MR) is 66.3 cm³/mol. The quantitative estimate of drug-likeness (QED) is 0.506. The number of nitrogens with one attached hydrogen (secondary N) is 1. The number of carbonyl (C=O) groups excluding carboxylic acids is 1. The lowest BCUT2D eigenvalue weighted by Crippen LogP contribution is -2.45. The summed E-state index contributed by atoms with van der Waals surface area (Å²) in [4.78, 5) is 11.8. The Morgan fingerprint density at radius 1 is 1.39 bits per heavy atom. The molecule has 0 atom stereocenters. The van der Waals surface area contributed by atoms with Crippen molar-refractivity contribution in [1.29, 1.82) is 0 Å². The summed E-state index contributed by atoms with van der Waals surface area (Å²) in [6.07, 6.45) is 0. The number of alkyl halides is 1. The van der Waals surface area contributed by atoms with Crippen LogP contribution < -0.4 is 5.32 Å². The normalized spacial score (nSPS) is 11.5. The van der Waals surface area contributed by atoms with E-state index in [0.29, 0.717) is 6.07 Å². The van der Waals surface area contributed by atoms with Crippen molar-refractivity contribution in [2.75, 3.05) is 5.88 Å². The van der Waals surface area contributed by atoms with Crippen LogP contribution >= 0.6 is 27.5 Å².